The number of aromatic nitrogens is 1. The fourth-order valence-electron chi connectivity index (χ4n) is 4.50. The molecule has 0 saturated carbocycles. The van der Waals surface area contributed by atoms with Gasteiger partial charge in [-0.25, -0.2) is 13.4 Å². The minimum absolute atomic E-state index is 0.0718. The van der Waals surface area contributed by atoms with Crippen LogP contribution in [0.25, 0.3) is 10.2 Å². The van der Waals surface area contributed by atoms with Gasteiger partial charge in [-0.3, -0.25) is 4.79 Å². The fourth-order valence-corrected chi connectivity index (χ4v) is 7.18. The lowest BCUT2D eigenvalue weighted by molar-refractivity contribution is 0.0611. The second kappa shape index (κ2) is 8.33. The first-order valence-electron chi connectivity index (χ1n) is 10.8. The minimum Gasteiger partial charge on any atom is -0.329 e. The summed E-state index contributed by atoms with van der Waals surface area (Å²) in [4.78, 5) is 20.4. The smallest absolute Gasteiger partial charge is 0.254 e. The number of sulfonamides is 1. The van der Waals surface area contributed by atoms with E-state index in [9.17, 15) is 13.2 Å². The van der Waals surface area contributed by atoms with E-state index < -0.39 is 10.0 Å². The molecule has 31 heavy (non-hydrogen) atoms. The van der Waals surface area contributed by atoms with Crippen LogP contribution in [0, 0.1) is 0 Å². The molecule has 0 spiro atoms. The number of hydrogen-bond donors (Lipinski definition) is 0. The van der Waals surface area contributed by atoms with Crippen LogP contribution in [0.1, 0.15) is 53.5 Å². The quantitative estimate of drug-likeness (QED) is 0.583. The number of carbonyl (C=O) groups excluding carboxylic acids is 1. The van der Waals surface area contributed by atoms with Crippen LogP contribution in [0.4, 0.5) is 0 Å². The number of piperidine rings is 1. The molecule has 1 atom stereocenters. The predicted octanol–water partition coefficient (Wildman–Crippen LogP) is 4.45. The first-order chi connectivity index (χ1) is 15.0. The summed E-state index contributed by atoms with van der Waals surface area (Å²) in [5, 5.41) is 0.954. The summed E-state index contributed by atoms with van der Waals surface area (Å²) in [6.07, 6.45) is 4.63. The van der Waals surface area contributed by atoms with Gasteiger partial charge in [0, 0.05) is 25.2 Å². The second-order valence-electron chi connectivity index (χ2n) is 8.17. The maximum atomic E-state index is 13.5. The van der Waals surface area contributed by atoms with Crippen LogP contribution in [0.2, 0.25) is 0 Å². The van der Waals surface area contributed by atoms with Gasteiger partial charge < -0.3 is 4.90 Å². The number of benzene rings is 2. The van der Waals surface area contributed by atoms with Gasteiger partial charge in [0.25, 0.3) is 5.91 Å². The van der Waals surface area contributed by atoms with Gasteiger partial charge in [-0.15, -0.1) is 11.3 Å². The Labute approximate surface area is 186 Å². The van der Waals surface area contributed by atoms with Gasteiger partial charge in [-0.2, -0.15) is 4.31 Å². The van der Waals surface area contributed by atoms with Crippen LogP contribution in [0.5, 0.6) is 0 Å². The molecule has 3 heterocycles. The molecule has 0 bridgehead atoms. The SMILES string of the molecule is O=C(c1cccc(S(=O)(=O)N2CCCC2)c1)N1CCCC[C@@H]1c1nc2ccccc2s1. The molecule has 0 aliphatic carbocycles. The molecule has 0 unspecified atom stereocenters. The molecule has 0 radical (unpaired) electrons. The molecule has 3 aromatic rings. The van der Waals surface area contributed by atoms with Crippen molar-refractivity contribution in [1.29, 1.82) is 0 Å². The van der Waals surface area contributed by atoms with Gasteiger partial charge in [0.15, 0.2) is 0 Å². The van der Waals surface area contributed by atoms with E-state index in [2.05, 4.69) is 6.07 Å². The van der Waals surface area contributed by atoms with E-state index in [1.165, 1.54) is 4.31 Å². The normalized spacial score (nSPS) is 20.4. The molecule has 2 aliphatic rings. The number of fused-ring (bicyclic) bond motifs is 1. The van der Waals surface area contributed by atoms with E-state index in [1.807, 2.05) is 23.1 Å². The van der Waals surface area contributed by atoms with Crippen LogP contribution < -0.4 is 0 Å². The molecule has 1 aromatic heterocycles. The number of carbonyl (C=O) groups is 1. The van der Waals surface area contributed by atoms with Gasteiger partial charge in [0.05, 0.1) is 21.2 Å². The Kier molecular flexibility index (Phi) is 5.54. The number of hydrogen-bond acceptors (Lipinski definition) is 5. The molecule has 6 nitrogen and oxygen atoms in total. The molecule has 5 rings (SSSR count). The van der Waals surface area contributed by atoms with Crippen molar-refractivity contribution in [1.82, 2.24) is 14.2 Å². The number of para-hydroxylation sites is 1. The second-order valence-corrected chi connectivity index (χ2v) is 11.2. The van der Waals surface area contributed by atoms with E-state index in [0.29, 0.717) is 25.2 Å². The van der Waals surface area contributed by atoms with Crippen molar-refractivity contribution < 1.29 is 13.2 Å². The van der Waals surface area contributed by atoms with Crippen LogP contribution >= 0.6 is 11.3 Å². The minimum atomic E-state index is -3.56. The van der Waals surface area contributed by atoms with E-state index in [-0.39, 0.29) is 16.8 Å². The fraction of sp³-hybridized carbons (Fsp3) is 0.391. The van der Waals surface area contributed by atoms with Crippen molar-refractivity contribution in [3.8, 4) is 0 Å². The molecule has 0 N–H and O–H groups in total. The van der Waals surface area contributed by atoms with E-state index in [1.54, 1.807) is 35.6 Å². The highest BCUT2D eigenvalue weighted by Crippen LogP contribution is 2.36. The molecule has 2 fully saturated rings. The predicted molar refractivity (Wildman–Crippen MR) is 122 cm³/mol. The summed E-state index contributed by atoms with van der Waals surface area (Å²) in [5.74, 6) is -0.123. The van der Waals surface area contributed by atoms with Crippen molar-refractivity contribution in [2.45, 2.75) is 43.0 Å². The van der Waals surface area contributed by atoms with E-state index in [4.69, 9.17) is 4.98 Å². The van der Waals surface area contributed by atoms with Gasteiger partial charge in [-0.1, -0.05) is 18.2 Å². The van der Waals surface area contributed by atoms with Gasteiger partial charge in [0.2, 0.25) is 10.0 Å². The number of likely N-dealkylation sites (tertiary alicyclic amines) is 1. The van der Waals surface area contributed by atoms with Crippen molar-refractivity contribution in [3.05, 3.63) is 59.1 Å². The zero-order valence-corrected chi connectivity index (χ0v) is 18.9. The lowest BCUT2D eigenvalue weighted by Gasteiger charge is -2.34. The zero-order chi connectivity index (χ0) is 21.4. The standard InChI is InChI=1S/C23H25N3O3S2/c27-23(17-8-7-9-18(16-17)31(28,29)25-13-5-6-14-25)26-15-4-3-11-20(26)22-24-19-10-1-2-12-21(19)30-22/h1-2,7-10,12,16,20H,3-6,11,13-15H2/t20-/m1/s1. The third-order valence-electron chi connectivity index (χ3n) is 6.14. The Balaban J connectivity index is 1.45. The molecule has 2 saturated heterocycles. The third kappa shape index (κ3) is 3.88. The number of amides is 1. The summed E-state index contributed by atoms with van der Waals surface area (Å²) < 4.78 is 28.6. The molecule has 2 aromatic carbocycles. The number of thiazole rings is 1. The van der Waals surface area contributed by atoms with Crippen LogP contribution in [-0.4, -0.2) is 48.1 Å². The lowest BCUT2D eigenvalue weighted by atomic mass is 10.0. The summed E-state index contributed by atoms with van der Waals surface area (Å²) in [6.45, 7) is 1.75. The maximum absolute atomic E-state index is 13.5. The molecule has 8 heteroatoms. The lowest BCUT2D eigenvalue weighted by Crippen LogP contribution is -2.38. The average Bonchev–Trinajstić information content (AvgIpc) is 3.49. The van der Waals surface area contributed by atoms with Gasteiger partial charge in [-0.05, 0) is 62.4 Å². The zero-order valence-electron chi connectivity index (χ0n) is 17.2. The summed E-state index contributed by atoms with van der Waals surface area (Å²) >= 11 is 1.64. The molecule has 1 amide bonds. The van der Waals surface area contributed by atoms with Crippen molar-refractivity contribution in [3.63, 3.8) is 0 Å². The highest BCUT2D eigenvalue weighted by atomic mass is 32.2. The van der Waals surface area contributed by atoms with Gasteiger partial charge in [0.1, 0.15) is 5.01 Å². The topological polar surface area (TPSA) is 70.6 Å². The number of nitrogens with zero attached hydrogens (tertiary/aromatic N) is 3. The molecular formula is C23H25N3O3S2. The average molecular weight is 456 g/mol. The highest BCUT2D eigenvalue weighted by Gasteiger charge is 2.32. The Bertz CT molecular complexity index is 1180. The van der Waals surface area contributed by atoms with Crippen LogP contribution in [-0.2, 0) is 10.0 Å². The monoisotopic (exact) mass is 455 g/mol. The molecular weight excluding hydrogens is 430 g/mol. The van der Waals surface area contributed by atoms with Crippen molar-refractivity contribution in [2.75, 3.05) is 19.6 Å². The highest BCUT2D eigenvalue weighted by molar-refractivity contribution is 7.89. The first-order valence-corrected chi connectivity index (χ1v) is 13.1. The maximum Gasteiger partial charge on any atom is 0.254 e. The van der Waals surface area contributed by atoms with Crippen molar-refractivity contribution >= 4 is 37.5 Å². The van der Waals surface area contributed by atoms with Crippen LogP contribution in [0.3, 0.4) is 0 Å². The Hall–Kier alpha value is -2.29. The Morgan fingerprint density at radius 2 is 1.74 bits per heavy atom. The van der Waals surface area contributed by atoms with Gasteiger partial charge >= 0.3 is 0 Å². The Morgan fingerprint density at radius 3 is 2.55 bits per heavy atom. The Morgan fingerprint density at radius 1 is 0.968 bits per heavy atom. The number of rotatable bonds is 4. The van der Waals surface area contributed by atoms with E-state index in [0.717, 1.165) is 47.3 Å². The summed E-state index contributed by atoms with van der Waals surface area (Å²) in [6, 6.07) is 14.5. The summed E-state index contributed by atoms with van der Waals surface area (Å²) in [7, 11) is -3.56. The van der Waals surface area contributed by atoms with Crippen molar-refractivity contribution in [2.24, 2.45) is 0 Å². The van der Waals surface area contributed by atoms with Crippen LogP contribution in [0.15, 0.2) is 53.4 Å². The van der Waals surface area contributed by atoms with E-state index >= 15 is 0 Å². The first kappa shape index (κ1) is 20.6. The molecule has 162 valence electrons. The third-order valence-corrected chi connectivity index (χ3v) is 9.18. The molecule has 2 aliphatic heterocycles. The summed E-state index contributed by atoms with van der Waals surface area (Å²) in [5.41, 5.74) is 1.38. The largest absolute Gasteiger partial charge is 0.329 e.